The van der Waals surface area contributed by atoms with Crippen LogP contribution in [0.3, 0.4) is 0 Å². The van der Waals surface area contributed by atoms with Crippen molar-refractivity contribution in [1.29, 1.82) is 0 Å². The second kappa shape index (κ2) is 4.00. The maximum atomic E-state index is 13.0. The van der Waals surface area contributed by atoms with Crippen LogP contribution in [-0.4, -0.2) is 17.4 Å². The van der Waals surface area contributed by atoms with Gasteiger partial charge in [-0.3, -0.25) is 0 Å². The van der Waals surface area contributed by atoms with Crippen LogP contribution < -0.4 is 0 Å². The van der Waals surface area contributed by atoms with Gasteiger partial charge in [-0.2, -0.15) is 13.2 Å². The molecule has 2 atom stereocenters. The largest absolute Gasteiger partial charge is 0.400 e. The van der Waals surface area contributed by atoms with Gasteiger partial charge >= 0.3 is 6.18 Å². The van der Waals surface area contributed by atoms with Crippen molar-refractivity contribution in [1.82, 2.24) is 0 Å². The summed E-state index contributed by atoms with van der Waals surface area (Å²) in [6.07, 6.45) is -0.584. The number of aliphatic hydroxyl groups is 1. The minimum absolute atomic E-state index is 0.188. The van der Waals surface area contributed by atoms with Crippen molar-refractivity contribution < 1.29 is 18.3 Å². The van der Waals surface area contributed by atoms with E-state index in [1.54, 1.807) is 19.9 Å². The molecule has 0 saturated heterocycles. The van der Waals surface area contributed by atoms with Crippen molar-refractivity contribution in [3.63, 3.8) is 0 Å². The molecule has 0 bridgehead atoms. The van der Waals surface area contributed by atoms with Crippen molar-refractivity contribution in [2.45, 2.75) is 32.5 Å². The summed E-state index contributed by atoms with van der Waals surface area (Å²) >= 11 is 0. The standard InChI is InChI=1S/C11H15F3O/c1-8(2)9(15)10(11(12,13)14)6-4-3-5-7-10/h3-6,8-9,15H,7H2,1-2H3. The van der Waals surface area contributed by atoms with Crippen LogP contribution in [-0.2, 0) is 0 Å². The fourth-order valence-corrected chi connectivity index (χ4v) is 1.83. The summed E-state index contributed by atoms with van der Waals surface area (Å²) in [7, 11) is 0. The summed E-state index contributed by atoms with van der Waals surface area (Å²) < 4.78 is 38.9. The molecule has 1 aliphatic carbocycles. The number of aliphatic hydroxyl groups excluding tert-OH is 1. The highest BCUT2D eigenvalue weighted by molar-refractivity contribution is 5.21. The molecule has 0 aromatic carbocycles. The summed E-state index contributed by atoms with van der Waals surface area (Å²) in [5.41, 5.74) is -2.12. The van der Waals surface area contributed by atoms with Crippen molar-refractivity contribution in [3.05, 3.63) is 24.3 Å². The Morgan fingerprint density at radius 1 is 1.27 bits per heavy atom. The zero-order chi connectivity index (χ0) is 11.7. The van der Waals surface area contributed by atoms with Crippen molar-refractivity contribution in [2.24, 2.45) is 11.3 Å². The summed E-state index contributed by atoms with van der Waals surface area (Å²) in [6, 6.07) is 0. The molecular weight excluding hydrogens is 205 g/mol. The van der Waals surface area contributed by atoms with Gasteiger partial charge in [-0.15, -0.1) is 0 Å². The molecule has 0 fully saturated rings. The van der Waals surface area contributed by atoms with Crippen LogP contribution in [0.15, 0.2) is 24.3 Å². The predicted octanol–water partition coefficient (Wildman–Crippen LogP) is 3.07. The molecule has 4 heteroatoms. The first-order chi connectivity index (χ1) is 6.81. The molecule has 2 unspecified atom stereocenters. The van der Waals surface area contributed by atoms with Gasteiger partial charge in [-0.1, -0.05) is 38.2 Å². The summed E-state index contributed by atoms with van der Waals surface area (Å²) in [5.74, 6) is -0.428. The van der Waals surface area contributed by atoms with Crippen LogP contribution in [0.4, 0.5) is 13.2 Å². The van der Waals surface area contributed by atoms with Gasteiger partial charge in [0.25, 0.3) is 0 Å². The second-order valence-corrected chi connectivity index (χ2v) is 4.22. The average molecular weight is 220 g/mol. The Morgan fingerprint density at radius 3 is 2.20 bits per heavy atom. The lowest BCUT2D eigenvalue weighted by Crippen LogP contribution is -2.48. The number of rotatable bonds is 2. The number of hydrogen-bond donors (Lipinski definition) is 1. The quantitative estimate of drug-likeness (QED) is 0.758. The monoisotopic (exact) mass is 220 g/mol. The Morgan fingerprint density at radius 2 is 1.87 bits per heavy atom. The molecule has 1 rings (SSSR count). The second-order valence-electron chi connectivity index (χ2n) is 4.22. The minimum atomic E-state index is -4.42. The molecule has 0 radical (unpaired) electrons. The summed E-state index contributed by atoms with van der Waals surface area (Å²) in [5, 5.41) is 9.73. The highest BCUT2D eigenvalue weighted by atomic mass is 19.4. The molecule has 0 aromatic rings. The van der Waals surface area contributed by atoms with E-state index in [0.29, 0.717) is 0 Å². The van der Waals surface area contributed by atoms with E-state index in [4.69, 9.17) is 0 Å². The zero-order valence-corrected chi connectivity index (χ0v) is 8.75. The molecule has 0 saturated carbocycles. The molecule has 0 heterocycles. The Labute approximate surface area is 87.3 Å². The zero-order valence-electron chi connectivity index (χ0n) is 8.75. The van der Waals surface area contributed by atoms with Crippen molar-refractivity contribution >= 4 is 0 Å². The first-order valence-electron chi connectivity index (χ1n) is 4.90. The van der Waals surface area contributed by atoms with Gasteiger partial charge in [0.1, 0.15) is 5.41 Å². The van der Waals surface area contributed by atoms with Crippen LogP contribution in [0, 0.1) is 11.3 Å². The van der Waals surface area contributed by atoms with Crippen molar-refractivity contribution in [2.75, 3.05) is 0 Å². The fraction of sp³-hybridized carbons (Fsp3) is 0.636. The van der Waals surface area contributed by atoms with Crippen LogP contribution in [0.25, 0.3) is 0 Å². The maximum Gasteiger partial charge on any atom is 0.400 e. The van der Waals surface area contributed by atoms with Gasteiger partial charge in [0.2, 0.25) is 0 Å². The Balaban J connectivity index is 3.08. The van der Waals surface area contributed by atoms with Crippen LogP contribution >= 0.6 is 0 Å². The number of allylic oxidation sites excluding steroid dienone is 3. The van der Waals surface area contributed by atoms with E-state index in [1.807, 2.05) is 0 Å². The van der Waals surface area contributed by atoms with Gasteiger partial charge in [0, 0.05) is 0 Å². The van der Waals surface area contributed by atoms with E-state index in [0.717, 1.165) is 6.08 Å². The van der Waals surface area contributed by atoms with Crippen LogP contribution in [0.2, 0.25) is 0 Å². The van der Waals surface area contributed by atoms with E-state index in [2.05, 4.69) is 0 Å². The SMILES string of the molecule is CC(C)C(O)C1(C(F)(F)F)C=CC=CC1. The first kappa shape index (κ1) is 12.3. The fourth-order valence-electron chi connectivity index (χ4n) is 1.83. The van der Waals surface area contributed by atoms with E-state index in [1.165, 1.54) is 12.2 Å². The number of hydrogen-bond acceptors (Lipinski definition) is 1. The molecule has 0 amide bonds. The van der Waals surface area contributed by atoms with Gasteiger partial charge in [-0.05, 0) is 12.3 Å². The molecule has 1 nitrogen and oxygen atoms in total. The third-order valence-corrected chi connectivity index (χ3v) is 2.78. The van der Waals surface area contributed by atoms with Gasteiger partial charge in [0.15, 0.2) is 0 Å². The van der Waals surface area contributed by atoms with E-state index in [-0.39, 0.29) is 6.42 Å². The summed E-state index contributed by atoms with van der Waals surface area (Å²) in [6.45, 7) is 3.18. The Kier molecular flexibility index (Phi) is 3.28. The lowest BCUT2D eigenvalue weighted by molar-refractivity contribution is -0.240. The lowest BCUT2D eigenvalue weighted by Gasteiger charge is -2.39. The Bertz CT molecular complexity index is 278. The minimum Gasteiger partial charge on any atom is -0.392 e. The number of halogens is 3. The van der Waals surface area contributed by atoms with E-state index < -0.39 is 23.6 Å². The van der Waals surface area contributed by atoms with Crippen LogP contribution in [0.1, 0.15) is 20.3 Å². The highest BCUT2D eigenvalue weighted by Gasteiger charge is 2.57. The normalized spacial score (nSPS) is 28.5. The smallest absolute Gasteiger partial charge is 0.392 e. The summed E-state index contributed by atoms with van der Waals surface area (Å²) in [4.78, 5) is 0. The third kappa shape index (κ3) is 2.09. The molecule has 0 aromatic heterocycles. The van der Waals surface area contributed by atoms with Gasteiger partial charge in [0.05, 0.1) is 6.10 Å². The number of alkyl halides is 3. The van der Waals surface area contributed by atoms with Gasteiger partial charge < -0.3 is 5.11 Å². The van der Waals surface area contributed by atoms with E-state index in [9.17, 15) is 18.3 Å². The molecule has 0 spiro atoms. The molecular formula is C11H15F3O. The molecule has 15 heavy (non-hydrogen) atoms. The topological polar surface area (TPSA) is 20.2 Å². The van der Waals surface area contributed by atoms with E-state index >= 15 is 0 Å². The highest BCUT2D eigenvalue weighted by Crippen LogP contribution is 2.48. The molecule has 86 valence electrons. The molecule has 0 aliphatic heterocycles. The maximum absolute atomic E-state index is 13.0. The lowest BCUT2D eigenvalue weighted by atomic mass is 9.72. The average Bonchev–Trinajstić information content (AvgIpc) is 2.16. The molecule has 1 aliphatic rings. The molecule has 1 N–H and O–H groups in total. The van der Waals surface area contributed by atoms with Gasteiger partial charge in [-0.25, -0.2) is 0 Å². The Hall–Kier alpha value is -0.770. The third-order valence-electron chi connectivity index (χ3n) is 2.78. The van der Waals surface area contributed by atoms with Crippen LogP contribution in [0.5, 0.6) is 0 Å². The predicted molar refractivity (Wildman–Crippen MR) is 52.2 cm³/mol. The first-order valence-corrected chi connectivity index (χ1v) is 4.90. The van der Waals surface area contributed by atoms with Crippen molar-refractivity contribution in [3.8, 4) is 0 Å².